The van der Waals surface area contributed by atoms with Crippen molar-refractivity contribution in [2.75, 3.05) is 13.2 Å². The second-order valence-electron chi connectivity index (χ2n) is 9.49. The predicted molar refractivity (Wildman–Crippen MR) is 140 cm³/mol. The first-order valence-electron chi connectivity index (χ1n) is 13.3. The van der Waals surface area contributed by atoms with E-state index in [9.17, 15) is 71.9 Å². The van der Waals surface area contributed by atoms with Gasteiger partial charge in [-0.15, -0.1) is 0 Å². The van der Waals surface area contributed by atoms with Gasteiger partial charge in [0.15, 0.2) is 0 Å². The molecule has 0 aromatic rings. The molecule has 0 amide bonds. The molecule has 0 aromatic carbocycles. The molecule has 0 bridgehead atoms. The molecule has 0 N–H and O–H groups in total. The van der Waals surface area contributed by atoms with Crippen molar-refractivity contribution in [2.24, 2.45) is 0 Å². The second kappa shape index (κ2) is 17.4. The smallest absolute Gasteiger partial charge is 0.384 e. The monoisotopic (exact) mass is 722 g/mol. The van der Waals surface area contributed by atoms with Crippen LogP contribution in [0.5, 0.6) is 0 Å². The van der Waals surface area contributed by atoms with E-state index >= 15 is 0 Å². The average molecular weight is 723 g/mol. The van der Waals surface area contributed by atoms with Crippen LogP contribution in [0.3, 0.4) is 0 Å². The molecule has 0 aliphatic heterocycles. The van der Waals surface area contributed by atoms with Crippen molar-refractivity contribution < 1.29 is 90.8 Å². The molecule has 0 radical (unpaired) electrons. The van der Waals surface area contributed by atoms with E-state index in [-0.39, 0.29) is 0 Å². The van der Waals surface area contributed by atoms with Crippen molar-refractivity contribution in [2.45, 2.75) is 88.3 Å². The molecule has 0 rings (SSSR count). The van der Waals surface area contributed by atoms with Gasteiger partial charge in [0.25, 0.3) is 0 Å². The maximum atomic E-state index is 14.7. The Morgan fingerprint density at radius 3 is 0.958 bits per heavy atom. The third-order valence-electron chi connectivity index (χ3n) is 5.67. The van der Waals surface area contributed by atoms with Gasteiger partial charge >= 0.3 is 59.4 Å². The van der Waals surface area contributed by atoms with Crippen LogP contribution in [-0.2, 0) is 38.1 Å². The summed E-state index contributed by atoms with van der Waals surface area (Å²) in [5, 5.41) is 0. The van der Waals surface area contributed by atoms with Gasteiger partial charge in [-0.25, -0.2) is 19.2 Å². The standard InChI is InChI=1S/C28H30F12O8/c1-5-9-19(41)45-15-17(47-21(43)11-7-3)13-23(29,30)25(33,34)27(37,38)28(39,40)26(35,36)24(31,32)14-18(48-22(44)12-8-4)16-46-20(42)10-6-2/h5-12,17-18H,13-16H2,1-4H3. The highest BCUT2D eigenvalue weighted by molar-refractivity contribution is 5.83. The molecule has 2 atom stereocenters. The van der Waals surface area contributed by atoms with Gasteiger partial charge in [-0.2, -0.15) is 52.7 Å². The molecule has 2 unspecified atom stereocenters. The molecule has 0 aliphatic rings. The topological polar surface area (TPSA) is 105 Å². The molecule has 0 saturated carbocycles. The lowest BCUT2D eigenvalue weighted by Gasteiger charge is -2.42. The van der Waals surface area contributed by atoms with Gasteiger partial charge < -0.3 is 18.9 Å². The molecular weight excluding hydrogens is 692 g/mol. The summed E-state index contributed by atoms with van der Waals surface area (Å²) in [5.74, 6) is -50.3. The van der Waals surface area contributed by atoms with E-state index < -0.39 is 97.7 Å². The van der Waals surface area contributed by atoms with Crippen LogP contribution in [0.2, 0.25) is 0 Å². The summed E-state index contributed by atoms with van der Waals surface area (Å²) in [4.78, 5) is 46.2. The van der Waals surface area contributed by atoms with E-state index in [2.05, 4.69) is 18.9 Å². The van der Waals surface area contributed by atoms with E-state index in [1.165, 1.54) is 13.8 Å². The maximum absolute atomic E-state index is 14.7. The quantitative estimate of drug-likeness (QED) is 0.0622. The van der Waals surface area contributed by atoms with Crippen molar-refractivity contribution >= 4 is 23.9 Å². The van der Waals surface area contributed by atoms with Crippen molar-refractivity contribution in [1.82, 2.24) is 0 Å². The summed E-state index contributed by atoms with van der Waals surface area (Å²) in [6.45, 7) is 1.68. The number of rotatable bonds is 19. The normalized spacial score (nSPS) is 15.2. The average Bonchev–Trinajstić information content (AvgIpc) is 2.94. The van der Waals surface area contributed by atoms with E-state index in [1.807, 2.05) is 0 Å². The number of allylic oxidation sites excluding steroid dienone is 4. The zero-order chi connectivity index (χ0) is 37.8. The number of hydrogen-bond acceptors (Lipinski definition) is 8. The van der Waals surface area contributed by atoms with E-state index in [0.29, 0.717) is 24.3 Å². The van der Waals surface area contributed by atoms with Crippen LogP contribution < -0.4 is 0 Å². The zero-order valence-electron chi connectivity index (χ0n) is 25.4. The second-order valence-corrected chi connectivity index (χ2v) is 9.49. The highest BCUT2D eigenvalue weighted by Gasteiger charge is 2.90. The van der Waals surface area contributed by atoms with Crippen LogP contribution in [0.1, 0.15) is 40.5 Å². The SMILES string of the molecule is CC=CC(=O)OCC(CC(F)(F)C(F)(F)C(F)(F)C(F)(F)C(F)(F)C(F)(F)CC(COC(=O)C=CC)OC(=O)C=CC)OC(=O)C=CC. The van der Waals surface area contributed by atoms with Crippen molar-refractivity contribution in [3.63, 3.8) is 0 Å². The Morgan fingerprint density at radius 2 is 0.708 bits per heavy atom. The van der Waals surface area contributed by atoms with Crippen LogP contribution in [0, 0.1) is 0 Å². The Morgan fingerprint density at radius 1 is 0.458 bits per heavy atom. The maximum Gasteiger partial charge on any atom is 0.384 e. The van der Waals surface area contributed by atoms with E-state index in [1.54, 1.807) is 0 Å². The van der Waals surface area contributed by atoms with Crippen molar-refractivity contribution in [3.05, 3.63) is 48.6 Å². The Balaban J connectivity index is 6.61. The first kappa shape index (κ1) is 44.0. The molecule has 8 nitrogen and oxygen atoms in total. The fraction of sp³-hybridized carbons (Fsp3) is 0.571. The lowest BCUT2D eigenvalue weighted by molar-refractivity contribution is -0.427. The van der Waals surface area contributed by atoms with Crippen LogP contribution in [0.15, 0.2) is 48.6 Å². The molecule has 0 aromatic heterocycles. The number of hydrogen-bond donors (Lipinski definition) is 0. The fourth-order valence-electron chi connectivity index (χ4n) is 3.35. The Bertz CT molecular complexity index is 1150. The van der Waals surface area contributed by atoms with Crippen LogP contribution in [0.4, 0.5) is 52.7 Å². The first-order chi connectivity index (χ1) is 21.8. The number of carbonyl (C=O) groups excluding carboxylic acids is 4. The van der Waals surface area contributed by atoms with Crippen LogP contribution >= 0.6 is 0 Å². The fourth-order valence-corrected chi connectivity index (χ4v) is 3.35. The molecule has 0 heterocycles. The first-order valence-corrected chi connectivity index (χ1v) is 13.3. The van der Waals surface area contributed by atoms with Gasteiger partial charge in [-0.05, 0) is 27.7 Å². The molecule has 48 heavy (non-hydrogen) atoms. The molecular formula is C28H30F12O8. The van der Waals surface area contributed by atoms with Gasteiger partial charge in [0.1, 0.15) is 25.4 Å². The number of alkyl halides is 12. The van der Waals surface area contributed by atoms with Gasteiger partial charge in [-0.3, -0.25) is 0 Å². The highest BCUT2D eigenvalue weighted by atomic mass is 19.4. The largest absolute Gasteiger partial charge is 0.459 e. The van der Waals surface area contributed by atoms with Gasteiger partial charge in [0.2, 0.25) is 0 Å². The summed E-state index contributed by atoms with van der Waals surface area (Å²) >= 11 is 0. The Kier molecular flexibility index (Phi) is 16.0. The van der Waals surface area contributed by atoms with Crippen molar-refractivity contribution in [3.8, 4) is 0 Å². The van der Waals surface area contributed by atoms with Crippen LogP contribution in [0.25, 0.3) is 0 Å². The summed E-state index contributed by atoms with van der Waals surface area (Å²) in [6, 6.07) is 0. The highest BCUT2D eigenvalue weighted by Crippen LogP contribution is 2.61. The van der Waals surface area contributed by atoms with Crippen LogP contribution in [-0.4, -0.2) is 84.8 Å². The molecule has 20 heteroatoms. The van der Waals surface area contributed by atoms with Gasteiger partial charge in [0, 0.05) is 24.3 Å². The minimum atomic E-state index is -7.99. The van der Waals surface area contributed by atoms with Crippen molar-refractivity contribution in [1.29, 1.82) is 0 Å². The Labute approximate surface area is 265 Å². The summed E-state index contributed by atoms with van der Waals surface area (Å²) in [6.07, 6.45) is -5.26. The molecule has 0 aliphatic carbocycles. The minimum Gasteiger partial charge on any atom is -0.459 e. The van der Waals surface area contributed by atoms with Gasteiger partial charge in [0.05, 0.1) is 12.8 Å². The summed E-state index contributed by atoms with van der Waals surface area (Å²) in [5.41, 5.74) is 0. The molecule has 0 saturated heterocycles. The summed E-state index contributed by atoms with van der Waals surface area (Å²) in [7, 11) is 0. The molecule has 0 fully saturated rings. The number of ether oxygens (including phenoxy) is 4. The molecule has 274 valence electrons. The third kappa shape index (κ3) is 10.8. The number of carbonyl (C=O) groups is 4. The lowest BCUT2D eigenvalue weighted by Crippen LogP contribution is -2.71. The Hall–Kier alpha value is -4.00. The lowest BCUT2D eigenvalue weighted by atomic mass is 9.88. The number of esters is 4. The molecule has 0 spiro atoms. The van der Waals surface area contributed by atoms with E-state index in [0.717, 1.165) is 38.2 Å². The number of halogens is 12. The van der Waals surface area contributed by atoms with E-state index in [4.69, 9.17) is 0 Å². The zero-order valence-corrected chi connectivity index (χ0v) is 25.4. The minimum absolute atomic E-state index is 0.479. The third-order valence-corrected chi connectivity index (χ3v) is 5.67. The van der Waals surface area contributed by atoms with Gasteiger partial charge in [-0.1, -0.05) is 24.3 Å². The summed E-state index contributed by atoms with van der Waals surface area (Å²) < 4.78 is 192. The predicted octanol–water partition coefficient (Wildman–Crippen LogP) is 6.79.